The third-order valence-corrected chi connectivity index (χ3v) is 3.20. The molecule has 2 heteroatoms. The number of alkyl halides is 1. The van der Waals surface area contributed by atoms with Gasteiger partial charge in [-0.25, -0.2) is 0 Å². The van der Waals surface area contributed by atoms with Crippen molar-refractivity contribution >= 4 is 29.4 Å². The molecule has 0 saturated carbocycles. The zero-order valence-electron chi connectivity index (χ0n) is 8.59. The molecule has 1 aromatic rings. The van der Waals surface area contributed by atoms with Gasteiger partial charge < -0.3 is 0 Å². The fourth-order valence-electron chi connectivity index (χ4n) is 1.17. The van der Waals surface area contributed by atoms with Crippen molar-refractivity contribution in [1.29, 1.82) is 0 Å². The van der Waals surface area contributed by atoms with Crippen molar-refractivity contribution in [3.05, 3.63) is 35.4 Å². The second kappa shape index (κ2) is 6.15. The van der Waals surface area contributed by atoms with E-state index in [4.69, 9.17) is 11.6 Å². The predicted molar refractivity (Wildman–Crippen MR) is 67.2 cm³/mol. The normalized spacial score (nSPS) is 11.8. The Morgan fingerprint density at radius 1 is 1.36 bits per heavy atom. The zero-order valence-corrected chi connectivity index (χ0v) is 10.2. The van der Waals surface area contributed by atoms with E-state index in [1.54, 1.807) is 11.8 Å². The summed E-state index contributed by atoms with van der Waals surface area (Å²) in [6.45, 7) is 2.13. The van der Waals surface area contributed by atoms with Gasteiger partial charge in [0.15, 0.2) is 0 Å². The molecule has 0 fully saturated rings. The quantitative estimate of drug-likeness (QED) is 0.540. The summed E-state index contributed by atoms with van der Waals surface area (Å²) in [6.07, 6.45) is 5.27. The van der Waals surface area contributed by atoms with E-state index in [-0.39, 0.29) is 0 Å². The standard InChI is InChI=1S/C12H15ClS/c1-3-10(9-13)8-11-4-6-12(14-2)7-5-11/h4-8H,3,9H2,1-2H3. The van der Waals surface area contributed by atoms with Crippen LogP contribution < -0.4 is 0 Å². The molecule has 0 heterocycles. The maximum absolute atomic E-state index is 5.80. The van der Waals surface area contributed by atoms with Crippen molar-refractivity contribution in [2.45, 2.75) is 18.2 Å². The van der Waals surface area contributed by atoms with Gasteiger partial charge >= 0.3 is 0 Å². The Hall–Kier alpha value is -0.400. The summed E-state index contributed by atoms with van der Waals surface area (Å²) in [7, 11) is 0. The van der Waals surface area contributed by atoms with Crippen LogP contribution in [0.2, 0.25) is 0 Å². The van der Waals surface area contributed by atoms with Crippen LogP contribution in [0.5, 0.6) is 0 Å². The maximum atomic E-state index is 5.80. The summed E-state index contributed by atoms with van der Waals surface area (Å²) in [4.78, 5) is 1.30. The van der Waals surface area contributed by atoms with Crippen molar-refractivity contribution < 1.29 is 0 Å². The lowest BCUT2D eigenvalue weighted by Crippen LogP contribution is -1.82. The third-order valence-electron chi connectivity index (χ3n) is 2.11. The molecule has 1 aromatic carbocycles. The summed E-state index contributed by atoms with van der Waals surface area (Å²) in [5, 5.41) is 0. The third kappa shape index (κ3) is 3.39. The molecular weight excluding hydrogens is 212 g/mol. The molecule has 0 aromatic heterocycles. The zero-order chi connectivity index (χ0) is 10.4. The number of allylic oxidation sites excluding steroid dienone is 1. The van der Waals surface area contributed by atoms with Gasteiger partial charge in [0, 0.05) is 10.8 Å². The minimum absolute atomic E-state index is 0.626. The summed E-state index contributed by atoms with van der Waals surface area (Å²) in [5.74, 6) is 0.626. The van der Waals surface area contributed by atoms with Gasteiger partial charge in [-0.3, -0.25) is 0 Å². The molecule has 0 aliphatic rings. The highest BCUT2D eigenvalue weighted by Crippen LogP contribution is 2.17. The van der Waals surface area contributed by atoms with E-state index in [2.05, 4.69) is 43.5 Å². The van der Waals surface area contributed by atoms with E-state index >= 15 is 0 Å². The Morgan fingerprint density at radius 3 is 2.43 bits per heavy atom. The van der Waals surface area contributed by atoms with Crippen LogP contribution in [0, 0.1) is 0 Å². The average Bonchev–Trinajstić information content (AvgIpc) is 2.26. The molecule has 0 nitrogen and oxygen atoms in total. The summed E-state index contributed by atoms with van der Waals surface area (Å²) in [6, 6.07) is 8.54. The lowest BCUT2D eigenvalue weighted by Gasteiger charge is -2.00. The molecule has 0 amide bonds. The molecule has 0 aliphatic carbocycles. The monoisotopic (exact) mass is 226 g/mol. The van der Waals surface area contributed by atoms with Gasteiger partial charge in [0.05, 0.1) is 0 Å². The van der Waals surface area contributed by atoms with Gasteiger partial charge in [-0.1, -0.05) is 30.7 Å². The summed E-state index contributed by atoms with van der Waals surface area (Å²) in [5.41, 5.74) is 2.52. The highest BCUT2D eigenvalue weighted by Gasteiger charge is 1.94. The number of rotatable bonds is 4. The average molecular weight is 227 g/mol. The second-order valence-electron chi connectivity index (χ2n) is 3.06. The Morgan fingerprint density at radius 2 is 2.00 bits per heavy atom. The van der Waals surface area contributed by atoms with Crippen LogP contribution in [-0.4, -0.2) is 12.1 Å². The largest absolute Gasteiger partial charge is 0.130 e. The maximum Gasteiger partial charge on any atom is 0.0436 e. The molecule has 76 valence electrons. The molecular formula is C12H15ClS. The fourth-order valence-corrected chi connectivity index (χ4v) is 1.85. The fraction of sp³-hybridized carbons (Fsp3) is 0.333. The van der Waals surface area contributed by atoms with Crippen molar-refractivity contribution in [2.75, 3.05) is 12.1 Å². The Labute approximate surface area is 95.4 Å². The molecule has 0 atom stereocenters. The predicted octanol–water partition coefficient (Wildman–Crippen LogP) is 4.44. The highest BCUT2D eigenvalue weighted by molar-refractivity contribution is 7.98. The number of benzene rings is 1. The number of halogens is 1. The first-order chi connectivity index (χ1) is 6.80. The molecule has 0 saturated heterocycles. The number of hydrogen-bond donors (Lipinski definition) is 0. The van der Waals surface area contributed by atoms with E-state index in [9.17, 15) is 0 Å². The van der Waals surface area contributed by atoms with Gasteiger partial charge in [0.2, 0.25) is 0 Å². The molecule has 14 heavy (non-hydrogen) atoms. The molecule has 0 aliphatic heterocycles. The molecule has 0 spiro atoms. The van der Waals surface area contributed by atoms with Crippen LogP contribution in [-0.2, 0) is 0 Å². The minimum Gasteiger partial charge on any atom is -0.130 e. The van der Waals surface area contributed by atoms with Gasteiger partial charge in [0.25, 0.3) is 0 Å². The Bertz CT molecular complexity index is 295. The van der Waals surface area contributed by atoms with E-state index in [0.29, 0.717) is 5.88 Å². The van der Waals surface area contributed by atoms with E-state index in [0.717, 1.165) is 6.42 Å². The van der Waals surface area contributed by atoms with Crippen molar-refractivity contribution in [3.8, 4) is 0 Å². The highest BCUT2D eigenvalue weighted by atomic mass is 35.5. The van der Waals surface area contributed by atoms with Crippen LogP contribution in [0.1, 0.15) is 18.9 Å². The van der Waals surface area contributed by atoms with Crippen LogP contribution in [0.3, 0.4) is 0 Å². The summed E-state index contributed by atoms with van der Waals surface area (Å²) < 4.78 is 0. The Balaban J connectivity index is 2.81. The van der Waals surface area contributed by atoms with Crippen LogP contribution >= 0.6 is 23.4 Å². The lowest BCUT2D eigenvalue weighted by molar-refractivity contribution is 1.12. The molecule has 0 unspecified atom stereocenters. The van der Waals surface area contributed by atoms with Crippen LogP contribution in [0.4, 0.5) is 0 Å². The minimum atomic E-state index is 0.626. The first-order valence-corrected chi connectivity index (χ1v) is 6.45. The molecule has 0 radical (unpaired) electrons. The van der Waals surface area contributed by atoms with Crippen LogP contribution in [0.25, 0.3) is 6.08 Å². The van der Waals surface area contributed by atoms with Gasteiger partial charge in [-0.15, -0.1) is 23.4 Å². The first-order valence-electron chi connectivity index (χ1n) is 4.69. The molecule has 0 N–H and O–H groups in total. The molecule has 0 bridgehead atoms. The smallest absolute Gasteiger partial charge is 0.0436 e. The SMILES string of the molecule is CCC(=Cc1ccc(SC)cc1)CCl. The second-order valence-corrected chi connectivity index (χ2v) is 4.21. The first kappa shape index (κ1) is 11.7. The van der Waals surface area contributed by atoms with E-state index < -0.39 is 0 Å². The number of hydrogen-bond acceptors (Lipinski definition) is 1. The topological polar surface area (TPSA) is 0 Å². The van der Waals surface area contributed by atoms with Crippen molar-refractivity contribution in [1.82, 2.24) is 0 Å². The van der Waals surface area contributed by atoms with Gasteiger partial charge in [-0.05, 0) is 30.4 Å². The van der Waals surface area contributed by atoms with Crippen molar-refractivity contribution in [3.63, 3.8) is 0 Å². The summed E-state index contributed by atoms with van der Waals surface area (Å²) >= 11 is 7.56. The Kier molecular flexibility index (Phi) is 5.13. The van der Waals surface area contributed by atoms with Crippen LogP contribution in [0.15, 0.2) is 34.7 Å². The van der Waals surface area contributed by atoms with Crippen molar-refractivity contribution in [2.24, 2.45) is 0 Å². The lowest BCUT2D eigenvalue weighted by atomic mass is 10.1. The molecule has 1 rings (SSSR count). The van der Waals surface area contributed by atoms with E-state index in [1.165, 1.54) is 16.0 Å². The van der Waals surface area contributed by atoms with Gasteiger partial charge in [-0.2, -0.15) is 0 Å². The number of thioether (sulfide) groups is 1. The van der Waals surface area contributed by atoms with E-state index in [1.807, 2.05) is 0 Å². The van der Waals surface area contributed by atoms with Gasteiger partial charge in [0.1, 0.15) is 0 Å².